The van der Waals surface area contributed by atoms with Crippen molar-refractivity contribution in [3.05, 3.63) is 72.3 Å². The number of rotatable bonds is 3. The van der Waals surface area contributed by atoms with E-state index in [0.717, 1.165) is 0 Å². The highest BCUT2D eigenvalue weighted by molar-refractivity contribution is 6.22. The SMILES string of the molecule is O=C(Nc1ccccc1)c1ccc(N2C(=O)[C@@H]3CC=CC[C@H]3C2=O)cc1. The average molecular weight is 346 g/mol. The summed E-state index contributed by atoms with van der Waals surface area (Å²) in [6.07, 6.45) is 5.16. The van der Waals surface area contributed by atoms with E-state index in [9.17, 15) is 14.4 Å². The highest BCUT2D eigenvalue weighted by atomic mass is 16.2. The molecule has 2 aliphatic rings. The molecule has 1 N–H and O–H groups in total. The normalized spacial score (nSPS) is 21.6. The lowest BCUT2D eigenvalue weighted by molar-refractivity contribution is -0.122. The van der Waals surface area contributed by atoms with Gasteiger partial charge in [0.25, 0.3) is 5.91 Å². The lowest BCUT2D eigenvalue weighted by atomic mass is 9.85. The summed E-state index contributed by atoms with van der Waals surface area (Å²) in [5.41, 5.74) is 1.70. The Hall–Kier alpha value is -3.21. The van der Waals surface area contributed by atoms with Gasteiger partial charge in [0.2, 0.25) is 11.8 Å². The lowest BCUT2D eigenvalue weighted by Gasteiger charge is -2.15. The number of nitrogens with zero attached hydrogens (tertiary/aromatic N) is 1. The Kier molecular flexibility index (Phi) is 4.13. The van der Waals surface area contributed by atoms with Crippen molar-refractivity contribution >= 4 is 29.1 Å². The maximum atomic E-state index is 12.6. The number of amides is 3. The van der Waals surface area contributed by atoms with Gasteiger partial charge in [0.1, 0.15) is 0 Å². The largest absolute Gasteiger partial charge is 0.322 e. The standard InChI is InChI=1S/C21H18N2O3/c24-19(22-15-6-2-1-3-7-15)14-10-12-16(13-11-14)23-20(25)17-8-4-5-9-18(17)21(23)26/h1-7,10-13,17-18H,8-9H2,(H,22,24)/t17-,18-/m1/s1. The van der Waals surface area contributed by atoms with Crippen LogP contribution in [0.3, 0.4) is 0 Å². The van der Waals surface area contributed by atoms with Crippen LogP contribution in [-0.4, -0.2) is 17.7 Å². The topological polar surface area (TPSA) is 66.5 Å². The van der Waals surface area contributed by atoms with Crippen molar-refractivity contribution in [1.29, 1.82) is 0 Å². The molecular weight excluding hydrogens is 328 g/mol. The average Bonchev–Trinajstić information content (AvgIpc) is 2.94. The molecule has 2 atom stereocenters. The number of benzene rings is 2. The molecule has 130 valence electrons. The number of nitrogens with one attached hydrogen (secondary N) is 1. The molecule has 2 aromatic rings. The van der Waals surface area contributed by atoms with Crippen LogP contribution in [0, 0.1) is 11.8 Å². The van der Waals surface area contributed by atoms with Gasteiger partial charge in [-0.05, 0) is 49.2 Å². The predicted molar refractivity (Wildman–Crippen MR) is 98.7 cm³/mol. The Labute approximate surface area is 151 Å². The quantitative estimate of drug-likeness (QED) is 0.684. The Bertz CT molecular complexity index is 861. The molecule has 5 heteroatoms. The van der Waals surface area contributed by atoms with E-state index in [-0.39, 0.29) is 29.6 Å². The number of anilines is 2. The molecule has 1 heterocycles. The van der Waals surface area contributed by atoms with Crippen molar-refractivity contribution in [2.24, 2.45) is 11.8 Å². The first-order valence-corrected chi connectivity index (χ1v) is 8.64. The third-order valence-corrected chi connectivity index (χ3v) is 4.93. The third kappa shape index (κ3) is 2.81. The molecule has 3 amide bonds. The molecular formula is C21H18N2O3. The van der Waals surface area contributed by atoms with Crippen LogP contribution in [0.2, 0.25) is 0 Å². The molecule has 0 saturated carbocycles. The minimum absolute atomic E-state index is 0.147. The summed E-state index contributed by atoms with van der Waals surface area (Å²) in [7, 11) is 0. The van der Waals surface area contributed by atoms with Crippen molar-refractivity contribution in [3.8, 4) is 0 Å². The first-order chi connectivity index (χ1) is 12.6. The van der Waals surface area contributed by atoms with Gasteiger partial charge in [0.15, 0.2) is 0 Å². The molecule has 0 unspecified atom stereocenters. The van der Waals surface area contributed by atoms with Gasteiger partial charge >= 0.3 is 0 Å². The van der Waals surface area contributed by atoms with E-state index in [4.69, 9.17) is 0 Å². The molecule has 1 aliphatic heterocycles. The number of hydrogen-bond donors (Lipinski definition) is 1. The summed E-state index contributed by atoms with van der Waals surface area (Å²) in [5.74, 6) is -1.04. The molecule has 0 spiro atoms. The summed E-state index contributed by atoms with van der Waals surface area (Å²) in [4.78, 5) is 38.8. The Morgan fingerprint density at radius 3 is 2.00 bits per heavy atom. The molecule has 0 bridgehead atoms. The van der Waals surface area contributed by atoms with Gasteiger partial charge in [-0.3, -0.25) is 19.3 Å². The molecule has 5 nitrogen and oxygen atoms in total. The summed E-state index contributed by atoms with van der Waals surface area (Å²) in [6, 6.07) is 15.8. The molecule has 1 aliphatic carbocycles. The zero-order valence-electron chi connectivity index (χ0n) is 14.1. The van der Waals surface area contributed by atoms with Crippen LogP contribution in [0.15, 0.2) is 66.7 Å². The smallest absolute Gasteiger partial charge is 0.255 e. The molecule has 4 rings (SSSR count). The van der Waals surface area contributed by atoms with Crippen LogP contribution < -0.4 is 10.2 Å². The van der Waals surface area contributed by atoms with Crippen LogP contribution in [-0.2, 0) is 9.59 Å². The van der Waals surface area contributed by atoms with Gasteiger partial charge in [-0.2, -0.15) is 0 Å². The minimum Gasteiger partial charge on any atom is -0.322 e. The van der Waals surface area contributed by atoms with Gasteiger partial charge in [0, 0.05) is 11.3 Å². The number of allylic oxidation sites excluding steroid dienone is 2. The second-order valence-corrected chi connectivity index (χ2v) is 6.53. The highest BCUT2D eigenvalue weighted by Gasteiger charge is 2.47. The third-order valence-electron chi connectivity index (χ3n) is 4.93. The van der Waals surface area contributed by atoms with E-state index in [0.29, 0.717) is 29.8 Å². The number of hydrogen-bond acceptors (Lipinski definition) is 3. The van der Waals surface area contributed by atoms with Crippen LogP contribution in [0.25, 0.3) is 0 Å². The van der Waals surface area contributed by atoms with E-state index < -0.39 is 0 Å². The van der Waals surface area contributed by atoms with E-state index in [1.165, 1.54) is 4.90 Å². The molecule has 26 heavy (non-hydrogen) atoms. The van der Waals surface area contributed by atoms with Crippen molar-refractivity contribution in [3.63, 3.8) is 0 Å². The van der Waals surface area contributed by atoms with E-state index in [1.807, 2.05) is 42.5 Å². The first kappa shape index (κ1) is 16.3. The number of carbonyl (C=O) groups is 3. The Morgan fingerprint density at radius 1 is 0.846 bits per heavy atom. The maximum absolute atomic E-state index is 12.6. The zero-order valence-corrected chi connectivity index (χ0v) is 14.1. The summed E-state index contributed by atoms with van der Waals surface area (Å²) < 4.78 is 0. The zero-order chi connectivity index (χ0) is 18.1. The fourth-order valence-corrected chi connectivity index (χ4v) is 3.54. The van der Waals surface area contributed by atoms with E-state index in [1.54, 1.807) is 24.3 Å². The van der Waals surface area contributed by atoms with Crippen molar-refractivity contribution in [1.82, 2.24) is 0 Å². The van der Waals surface area contributed by atoms with E-state index in [2.05, 4.69) is 5.32 Å². The molecule has 0 radical (unpaired) electrons. The number of fused-ring (bicyclic) bond motifs is 1. The summed E-state index contributed by atoms with van der Waals surface area (Å²) in [6.45, 7) is 0. The van der Waals surface area contributed by atoms with Gasteiger partial charge in [-0.15, -0.1) is 0 Å². The van der Waals surface area contributed by atoms with Gasteiger partial charge in [0.05, 0.1) is 17.5 Å². The van der Waals surface area contributed by atoms with Crippen molar-refractivity contribution in [2.75, 3.05) is 10.2 Å². The fraction of sp³-hybridized carbons (Fsp3) is 0.190. The van der Waals surface area contributed by atoms with Crippen molar-refractivity contribution < 1.29 is 14.4 Å². The lowest BCUT2D eigenvalue weighted by Crippen LogP contribution is -2.30. The predicted octanol–water partition coefficient (Wildman–Crippen LogP) is 3.39. The van der Waals surface area contributed by atoms with Crippen LogP contribution in [0.1, 0.15) is 23.2 Å². The van der Waals surface area contributed by atoms with Crippen LogP contribution >= 0.6 is 0 Å². The number of carbonyl (C=O) groups excluding carboxylic acids is 3. The second kappa shape index (κ2) is 6.59. The van der Waals surface area contributed by atoms with Gasteiger partial charge < -0.3 is 5.32 Å². The maximum Gasteiger partial charge on any atom is 0.255 e. The number of imide groups is 1. The highest BCUT2D eigenvalue weighted by Crippen LogP contribution is 2.37. The van der Waals surface area contributed by atoms with Gasteiger partial charge in [-0.1, -0.05) is 30.4 Å². The summed E-state index contributed by atoms with van der Waals surface area (Å²) >= 11 is 0. The first-order valence-electron chi connectivity index (χ1n) is 8.64. The molecule has 1 saturated heterocycles. The van der Waals surface area contributed by atoms with E-state index >= 15 is 0 Å². The van der Waals surface area contributed by atoms with Crippen molar-refractivity contribution in [2.45, 2.75) is 12.8 Å². The molecule has 1 fully saturated rings. The Morgan fingerprint density at radius 2 is 1.42 bits per heavy atom. The molecule has 2 aromatic carbocycles. The minimum atomic E-state index is -0.256. The van der Waals surface area contributed by atoms with Gasteiger partial charge in [-0.25, -0.2) is 0 Å². The number of para-hydroxylation sites is 1. The van der Waals surface area contributed by atoms with Crippen LogP contribution in [0.4, 0.5) is 11.4 Å². The Balaban J connectivity index is 1.52. The monoisotopic (exact) mass is 346 g/mol. The fourth-order valence-electron chi connectivity index (χ4n) is 3.54. The molecule has 0 aromatic heterocycles. The van der Waals surface area contributed by atoms with Crippen LogP contribution in [0.5, 0.6) is 0 Å². The summed E-state index contributed by atoms with van der Waals surface area (Å²) in [5, 5.41) is 2.81. The second-order valence-electron chi connectivity index (χ2n) is 6.53.